The summed E-state index contributed by atoms with van der Waals surface area (Å²) in [4.78, 5) is 15.4. The van der Waals surface area contributed by atoms with Gasteiger partial charge >= 0.3 is 5.97 Å². The number of rotatable bonds is 6. The van der Waals surface area contributed by atoms with Gasteiger partial charge in [0.1, 0.15) is 5.60 Å². The summed E-state index contributed by atoms with van der Waals surface area (Å²) in [5.74, 6) is 0.684. The zero-order chi connectivity index (χ0) is 14.0. The van der Waals surface area contributed by atoms with Crippen molar-refractivity contribution < 1.29 is 9.53 Å². The van der Waals surface area contributed by atoms with Crippen molar-refractivity contribution in [3.05, 3.63) is 0 Å². The Kier molecular flexibility index (Phi) is 8.16. The van der Waals surface area contributed by atoms with Crippen LogP contribution in [0.25, 0.3) is 0 Å². The highest BCUT2D eigenvalue weighted by molar-refractivity contribution is 5.79. The molecule has 0 aliphatic rings. The van der Waals surface area contributed by atoms with Crippen LogP contribution in [0.4, 0.5) is 0 Å². The molecular weight excluding hydrogens is 230 g/mol. The maximum absolute atomic E-state index is 11.4. The number of ether oxygens (including phenoxy) is 1. The molecule has 0 heterocycles. The van der Waals surface area contributed by atoms with Gasteiger partial charge in [-0.2, -0.15) is 0 Å². The smallest absolute Gasteiger partial charge is 0.306 e. The van der Waals surface area contributed by atoms with Crippen molar-refractivity contribution >= 4 is 11.9 Å². The summed E-state index contributed by atoms with van der Waals surface area (Å²) < 4.78 is 5.23. The van der Waals surface area contributed by atoms with E-state index in [4.69, 9.17) is 4.74 Å². The van der Waals surface area contributed by atoms with Crippen molar-refractivity contribution in [1.29, 1.82) is 0 Å². The standard InChI is InChI=1S/C13H27N3O2/c1-13(2,3)18-11(17)9-7-6-8-10-16-12(14-4)15-5/h6-10H2,1-5H3,(H2,14,15,16). The van der Waals surface area contributed by atoms with Gasteiger partial charge in [0.15, 0.2) is 5.96 Å². The third kappa shape index (κ3) is 9.93. The van der Waals surface area contributed by atoms with Crippen molar-refractivity contribution in [2.45, 2.75) is 52.1 Å². The van der Waals surface area contributed by atoms with E-state index in [1.165, 1.54) is 0 Å². The summed E-state index contributed by atoms with van der Waals surface area (Å²) in [6.45, 7) is 6.52. The minimum atomic E-state index is -0.377. The Morgan fingerprint density at radius 3 is 2.39 bits per heavy atom. The molecule has 0 fully saturated rings. The minimum absolute atomic E-state index is 0.110. The minimum Gasteiger partial charge on any atom is -0.460 e. The first-order valence-electron chi connectivity index (χ1n) is 6.49. The zero-order valence-electron chi connectivity index (χ0n) is 12.3. The molecule has 0 aliphatic carbocycles. The average Bonchev–Trinajstić information content (AvgIpc) is 2.26. The fraction of sp³-hybridized carbons (Fsp3) is 0.846. The van der Waals surface area contributed by atoms with Crippen LogP contribution in [-0.2, 0) is 9.53 Å². The molecule has 0 bridgehead atoms. The predicted octanol–water partition coefficient (Wildman–Crippen LogP) is 1.68. The van der Waals surface area contributed by atoms with Crippen LogP contribution in [0.15, 0.2) is 4.99 Å². The van der Waals surface area contributed by atoms with Crippen molar-refractivity contribution in [2.75, 3.05) is 20.6 Å². The molecule has 0 unspecified atom stereocenters. The number of unbranched alkanes of at least 4 members (excludes halogenated alkanes) is 2. The Hall–Kier alpha value is -1.26. The van der Waals surface area contributed by atoms with Gasteiger partial charge in [-0.1, -0.05) is 6.42 Å². The number of carbonyl (C=O) groups is 1. The number of esters is 1. The molecule has 0 amide bonds. The van der Waals surface area contributed by atoms with E-state index in [0.29, 0.717) is 6.42 Å². The van der Waals surface area contributed by atoms with E-state index in [-0.39, 0.29) is 11.6 Å². The number of nitrogens with one attached hydrogen (secondary N) is 2. The third-order valence-corrected chi connectivity index (χ3v) is 2.23. The van der Waals surface area contributed by atoms with Crippen molar-refractivity contribution in [3.63, 3.8) is 0 Å². The molecule has 0 radical (unpaired) electrons. The number of carbonyl (C=O) groups excluding carboxylic acids is 1. The van der Waals surface area contributed by atoms with Gasteiger partial charge in [-0.15, -0.1) is 0 Å². The number of hydrogen-bond donors (Lipinski definition) is 2. The van der Waals surface area contributed by atoms with Crippen LogP contribution in [0.1, 0.15) is 46.5 Å². The van der Waals surface area contributed by atoms with Gasteiger partial charge in [-0.05, 0) is 33.6 Å². The lowest BCUT2D eigenvalue weighted by Gasteiger charge is -2.19. The normalized spacial score (nSPS) is 12.2. The molecule has 0 aromatic rings. The maximum Gasteiger partial charge on any atom is 0.306 e. The second-order valence-corrected chi connectivity index (χ2v) is 5.15. The van der Waals surface area contributed by atoms with Crippen LogP contribution in [0.5, 0.6) is 0 Å². The molecule has 0 aromatic carbocycles. The molecule has 5 heteroatoms. The molecule has 0 spiro atoms. The van der Waals surface area contributed by atoms with Gasteiger partial charge in [0.2, 0.25) is 0 Å². The van der Waals surface area contributed by atoms with E-state index in [2.05, 4.69) is 15.6 Å². The van der Waals surface area contributed by atoms with E-state index in [0.717, 1.165) is 31.8 Å². The monoisotopic (exact) mass is 257 g/mol. The quantitative estimate of drug-likeness (QED) is 0.329. The second kappa shape index (κ2) is 8.78. The molecule has 0 rings (SSSR count). The topological polar surface area (TPSA) is 62.7 Å². The fourth-order valence-electron chi connectivity index (χ4n) is 1.45. The lowest BCUT2D eigenvalue weighted by atomic mass is 10.1. The molecule has 2 N–H and O–H groups in total. The Labute approximate surface area is 110 Å². The molecule has 106 valence electrons. The predicted molar refractivity (Wildman–Crippen MR) is 74.7 cm³/mol. The van der Waals surface area contributed by atoms with E-state index < -0.39 is 0 Å². The van der Waals surface area contributed by atoms with E-state index in [9.17, 15) is 4.79 Å². The molecule has 0 atom stereocenters. The summed E-state index contributed by atoms with van der Waals surface area (Å²) in [6, 6.07) is 0. The van der Waals surface area contributed by atoms with Crippen molar-refractivity contribution in [1.82, 2.24) is 10.6 Å². The van der Waals surface area contributed by atoms with Crippen LogP contribution < -0.4 is 10.6 Å². The molecule has 18 heavy (non-hydrogen) atoms. The maximum atomic E-state index is 11.4. The van der Waals surface area contributed by atoms with Crippen molar-refractivity contribution in [2.24, 2.45) is 4.99 Å². The Morgan fingerprint density at radius 1 is 1.22 bits per heavy atom. The van der Waals surface area contributed by atoms with Gasteiger partial charge in [0.05, 0.1) is 0 Å². The van der Waals surface area contributed by atoms with E-state index in [1.807, 2.05) is 27.8 Å². The van der Waals surface area contributed by atoms with Crippen LogP contribution in [-0.4, -0.2) is 38.2 Å². The Morgan fingerprint density at radius 2 is 1.89 bits per heavy atom. The average molecular weight is 257 g/mol. The lowest BCUT2D eigenvalue weighted by Crippen LogP contribution is -2.35. The lowest BCUT2D eigenvalue weighted by molar-refractivity contribution is -0.154. The summed E-state index contributed by atoms with van der Waals surface area (Å²) in [6.07, 6.45) is 3.39. The summed E-state index contributed by atoms with van der Waals surface area (Å²) in [5.41, 5.74) is -0.377. The highest BCUT2D eigenvalue weighted by atomic mass is 16.6. The Balaban J connectivity index is 3.49. The van der Waals surface area contributed by atoms with Gasteiger partial charge < -0.3 is 15.4 Å². The van der Waals surface area contributed by atoms with Gasteiger partial charge in [0.25, 0.3) is 0 Å². The number of aliphatic imine (C=N–C) groups is 1. The first kappa shape index (κ1) is 16.7. The highest BCUT2D eigenvalue weighted by Gasteiger charge is 2.15. The van der Waals surface area contributed by atoms with Gasteiger partial charge in [-0.3, -0.25) is 9.79 Å². The molecule has 0 aliphatic heterocycles. The van der Waals surface area contributed by atoms with Crippen LogP contribution in [0.3, 0.4) is 0 Å². The fourth-order valence-corrected chi connectivity index (χ4v) is 1.45. The first-order valence-corrected chi connectivity index (χ1v) is 6.49. The number of nitrogens with zero attached hydrogens (tertiary/aromatic N) is 1. The largest absolute Gasteiger partial charge is 0.460 e. The van der Waals surface area contributed by atoms with Gasteiger partial charge in [-0.25, -0.2) is 0 Å². The molecular formula is C13H27N3O2. The third-order valence-electron chi connectivity index (χ3n) is 2.23. The van der Waals surface area contributed by atoms with Crippen molar-refractivity contribution in [3.8, 4) is 0 Å². The van der Waals surface area contributed by atoms with Crippen LogP contribution in [0.2, 0.25) is 0 Å². The zero-order valence-corrected chi connectivity index (χ0v) is 12.3. The molecule has 0 saturated heterocycles. The van der Waals surface area contributed by atoms with Crippen LogP contribution >= 0.6 is 0 Å². The summed E-state index contributed by atoms with van der Waals surface area (Å²) in [7, 11) is 3.57. The second-order valence-electron chi connectivity index (χ2n) is 5.15. The molecule has 0 saturated carbocycles. The number of hydrogen-bond acceptors (Lipinski definition) is 3. The van der Waals surface area contributed by atoms with Gasteiger partial charge in [0, 0.05) is 27.1 Å². The van der Waals surface area contributed by atoms with E-state index in [1.54, 1.807) is 7.05 Å². The highest BCUT2D eigenvalue weighted by Crippen LogP contribution is 2.10. The molecule has 5 nitrogen and oxygen atoms in total. The SMILES string of the molecule is CN=C(NC)NCCCCCC(=O)OC(C)(C)C. The summed E-state index contributed by atoms with van der Waals surface area (Å²) in [5, 5.41) is 6.12. The van der Waals surface area contributed by atoms with E-state index >= 15 is 0 Å². The number of guanidine groups is 1. The van der Waals surface area contributed by atoms with Crippen LogP contribution in [0, 0.1) is 0 Å². The molecule has 0 aromatic heterocycles. The summed E-state index contributed by atoms with van der Waals surface area (Å²) >= 11 is 0. The Bertz CT molecular complexity index is 270. The first-order chi connectivity index (χ1) is 8.39.